The van der Waals surface area contributed by atoms with Crippen LogP contribution in [0.2, 0.25) is 0 Å². The molecule has 0 aliphatic carbocycles. The lowest BCUT2D eigenvalue weighted by molar-refractivity contribution is -0.138. The van der Waals surface area contributed by atoms with Gasteiger partial charge in [-0.15, -0.1) is 0 Å². The van der Waals surface area contributed by atoms with Gasteiger partial charge in [-0.05, 0) is 48.4 Å². The van der Waals surface area contributed by atoms with E-state index in [-0.39, 0.29) is 18.6 Å². The Balaban J connectivity index is 1.29. The third-order valence-electron chi connectivity index (χ3n) is 8.02. The van der Waals surface area contributed by atoms with Gasteiger partial charge in [-0.1, -0.05) is 24.3 Å². The Labute approximate surface area is 233 Å². The molecule has 3 aliphatic heterocycles. The zero-order valence-corrected chi connectivity index (χ0v) is 22.7. The lowest BCUT2D eigenvalue weighted by Crippen LogP contribution is -2.54. The third-order valence-corrected chi connectivity index (χ3v) is 8.02. The molecule has 208 valence electrons. The van der Waals surface area contributed by atoms with Crippen LogP contribution < -0.4 is 28.7 Å². The van der Waals surface area contributed by atoms with Crippen molar-refractivity contribution in [3.63, 3.8) is 0 Å². The summed E-state index contributed by atoms with van der Waals surface area (Å²) in [7, 11) is 3.29. The largest absolute Gasteiger partial charge is 0.497 e. The number of fused-ring (bicyclic) bond motifs is 1. The molecule has 0 spiro atoms. The molecular formula is C31H33N3O6. The van der Waals surface area contributed by atoms with E-state index in [1.54, 1.807) is 19.1 Å². The number of carbonyl (C=O) groups excluding carboxylic acids is 2. The van der Waals surface area contributed by atoms with Crippen LogP contribution in [0.4, 0.5) is 11.4 Å². The maximum atomic E-state index is 14.2. The Morgan fingerprint density at radius 2 is 1.62 bits per heavy atom. The van der Waals surface area contributed by atoms with E-state index in [2.05, 4.69) is 4.90 Å². The fraction of sp³-hybridized carbons (Fsp3) is 0.355. The number of hydrogen-bond donors (Lipinski definition) is 0. The minimum atomic E-state index is -0.465. The molecule has 0 unspecified atom stereocenters. The molecule has 2 fully saturated rings. The van der Waals surface area contributed by atoms with Crippen molar-refractivity contribution in [3.05, 3.63) is 72.3 Å². The van der Waals surface area contributed by atoms with Gasteiger partial charge in [0.25, 0.3) is 0 Å². The predicted molar refractivity (Wildman–Crippen MR) is 150 cm³/mol. The van der Waals surface area contributed by atoms with Crippen molar-refractivity contribution in [1.29, 1.82) is 0 Å². The zero-order chi connectivity index (χ0) is 27.6. The Morgan fingerprint density at radius 3 is 2.38 bits per heavy atom. The number of amides is 2. The number of benzene rings is 3. The van der Waals surface area contributed by atoms with Gasteiger partial charge in [0.2, 0.25) is 18.6 Å². The van der Waals surface area contributed by atoms with Gasteiger partial charge in [-0.2, -0.15) is 0 Å². The van der Waals surface area contributed by atoms with Crippen molar-refractivity contribution in [2.45, 2.75) is 18.9 Å². The number of piperidine rings is 1. The third kappa shape index (κ3) is 4.76. The number of methoxy groups -OCH3 is 2. The van der Waals surface area contributed by atoms with Crippen molar-refractivity contribution < 1.29 is 28.5 Å². The summed E-state index contributed by atoms with van der Waals surface area (Å²) >= 11 is 0. The molecule has 0 saturated carbocycles. The highest BCUT2D eigenvalue weighted by Crippen LogP contribution is 2.44. The van der Waals surface area contributed by atoms with Crippen molar-refractivity contribution in [1.82, 2.24) is 4.90 Å². The molecule has 9 nitrogen and oxygen atoms in total. The number of piperazine rings is 1. The summed E-state index contributed by atoms with van der Waals surface area (Å²) in [6.07, 6.45) is 0.779. The average molecular weight is 544 g/mol. The molecule has 2 saturated heterocycles. The highest BCUT2D eigenvalue weighted by Gasteiger charge is 2.43. The number of para-hydroxylation sites is 2. The minimum absolute atomic E-state index is 0.0234. The standard InChI is InChI=1S/C31H33N3O6/c1-37-23-10-7-21(8-11-23)30-24(12-14-29(35)34(30)22-9-13-27-28(19-22)40-20-39-27)31(36)33-17-15-32(16-18-33)25-5-3-4-6-26(25)38-2/h3-11,13,19,24,30H,12,14-18,20H2,1-2H3/t24-,30+/m0/s1. The summed E-state index contributed by atoms with van der Waals surface area (Å²) < 4.78 is 22.0. The SMILES string of the molecule is COc1ccc([C@@H]2[C@@H](C(=O)N3CCN(c4ccccc4OC)CC3)CCC(=O)N2c2ccc3c(c2)OCO3)cc1. The Morgan fingerprint density at radius 1 is 0.875 bits per heavy atom. The normalized spacial score (nSPS) is 20.4. The smallest absolute Gasteiger partial charge is 0.231 e. The molecule has 3 aliphatic rings. The monoisotopic (exact) mass is 543 g/mol. The lowest BCUT2D eigenvalue weighted by atomic mass is 9.82. The van der Waals surface area contributed by atoms with Crippen LogP contribution in [0.3, 0.4) is 0 Å². The van der Waals surface area contributed by atoms with Crippen molar-refractivity contribution in [3.8, 4) is 23.0 Å². The second-order valence-electron chi connectivity index (χ2n) is 10.1. The molecule has 2 amide bonds. The van der Waals surface area contributed by atoms with Gasteiger partial charge >= 0.3 is 0 Å². The van der Waals surface area contributed by atoms with Gasteiger partial charge in [0.15, 0.2) is 11.5 Å². The van der Waals surface area contributed by atoms with Crippen LogP contribution in [0.25, 0.3) is 0 Å². The van der Waals surface area contributed by atoms with Crippen LogP contribution in [0.15, 0.2) is 66.7 Å². The van der Waals surface area contributed by atoms with E-state index in [0.29, 0.717) is 56.2 Å². The number of nitrogens with zero attached hydrogens (tertiary/aromatic N) is 3. The van der Waals surface area contributed by atoms with E-state index < -0.39 is 12.0 Å². The van der Waals surface area contributed by atoms with E-state index in [9.17, 15) is 9.59 Å². The van der Waals surface area contributed by atoms with Gasteiger partial charge in [-0.3, -0.25) is 9.59 Å². The van der Waals surface area contributed by atoms with E-state index >= 15 is 0 Å². The maximum Gasteiger partial charge on any atom is 0.231 e. The Kier molecular flexibility index (Phi) is 7.11. The summed E-state index contributed by atoms with van der Waals surface area (Å²) in [6.45, 7) is 2.76. The van der Waals surface area contributed by atoms with Gasteiger partial charge in [0, 0.05) is 44.4 Å². The molecule has 3 aromatic carbocycles. The van der Waals surface area contributed by atoms with Crippen LogP contribution >= 0.6 is 0 Å². The topological polar surface area (TPSA) is 80.8 Å². The van der Waals surface area contributed by atoms with Gasteiger partial charge in [-0.25, -0.2) is 0 Å². The van der Waals surface area contributed by atoms with E-state index in [4.69, 9.17) is 18.9 Å². The molecule has 0 bridgehead atoms. The van der Waals surface area contributed by atoms with Crippen LogP contribution in [0.5, 0.6) is 23.0 Å². The molecule has 2 atom stereocenters. The van der Waals surface area contributed by atoms with E-state index in [0.717, 1.165) is 22.7 Å². The summed E-state index contributed by atoms with van der Waals surface area (Å²) in [4.78, 5) is 33.6. The lowest BCUT2D eigenvalue weighted by Gasteiger charge is -2.44. The molecule has 3 aromatic rings. The molecule has 0 aromatic heterocycles. The quantitative estimate of drug-likeness (QED) is 0.460. The van der Waals surface area contributed by atoms with Crippen LogP contribution in [0.1, 0.15) is 24.4 Å². The summed E-state index contributed by atoms with van der Waals surface area (Å²) in [5, 5.41) is 0. The second-order valence-corrected chi connectivity index (χ2v) is 10.1. The minimum Gasteiger partial charge on any atom is -0.497 e. The fourth-order valence-corrected chi connectivity index (χ4v) is 5.97. The van der Waals surface area contributed by atoms with Crippen LogP contribution in [0, 0.1) is 5.92 Å². The second kappa shape index (κ2) is 11.0. The zero-order valence-electron chi connectivity index (χ0n) is 22.7. The molecule has 40 heavy (non-hydrogen) atoms. The van der Waals surface area contributed by atoms with E-state index in [1.807, 2.05) is 71.6 Å². The molecule has 0 radical (unpaired) electrons. The first-order chi connectivity index (χ1) is 19.6. The molecule has 3 heterocycles. The molecule has 6 rings (SSSR count). The first-order valence-corrected chi connectivity index (χ1v) is 13.6. The van der Waals surface area contributed by atoms with Gasteiger partial charge in [0.05, 0.1) is 31.9 Å². The molecular weight excluding hydrogens is 510 g/mol. The summed E-state index contributed by atoms with van der Waals surface area (Å²) in [5.41, 5.74) is 2.61. The van der Waals surface area contributed by atoms with Crippen molar-refractivity contribution in [2.24, 2.45) is 5.92 Å². The first kappa shape index (κ1) is 25.9. The highest BCUT2D eigenvalue weighted by atomic mass is 16.7. The predicted octanol–water partition coefficient (Wildman–Crippen LogP) is 4.27. The van der Waals surface area contributed by atoms with Gasteiger partial charge in [0.1, 0.15) is 11.5 Å². The van der Waals surface area contributed by atoms with E-state index in [1.165, 1.54) is 0 Å². The summed E-state index contributed by atoms with van der Waals surface area (Å²) in [5.74, 6) is 2.44. The Hall–Kier alpha value is -4.40. The number of rotatable bonds is 6. The van der Waals surface area contributed by atoms with Crippen LogP contribution in [-0.4, -0.2) is 63.9 Å². The van der Waals surface area contributed by atoms with Gasteiger partial charge < -0.3 is 33.6 Å². The highest BCUT2D eigenvalue weighted by molar-refractivity contribution is 5.98. The number of ether oxygens (including phenoxy) is 4. The van der Waals surface area contributed by atoms with Crippen LogP contribution in [-0.2, 0) is 9.59 Å². The Bertz CT molecular complexity index is 1390. The first-order valence-electron chi connectivity index (χ1n) is 13.6. The average Bonchev–Trinajstić information content (AvgIpc) is 3.49. The summed E-state index contributed by atoms with van der Waals surface area (Å²) in [6, 6.07) is 20.6. The number of carbonyl (C=O) groups is 2. The van der Waals surface area contributed by atoms with Crippen molar-refractivity contribution in [2.75, 3.05) is 57.0 Å². The molecule has 9 heteroatoms. The van der Waals surface area contributed by atoms with Crippen molar-refractivity contribution >= 4 is 23.2 Å². The maximum absolute atomic E-state index is 14.2. The molecule has 0 N–H and O–H groups in total. The fourth-order valence-electron chi connectivity index (χ4n) is 5.97. The number of anilines is 2. The number of hydrogen-bond acceptors (Lipinski definition) is 7.